The van der Waals surface area contributed by atoms with E-state index in [1.54, 1.807) is 12.1 Å². The second-order valence-electron chi connectivity index (χ2n) is 4.23. The first-order valence-corrected chi connectivity index (χ1v) is 6.31. The van der Waals surface area contributed by atoms with Crippen molar-refractivity contribution in [1.82, 2.24) is 5.32 Å². The van der Waals surface area contributed by atoms with Crippen LogP contribution in [0.2, 0.25) is 5.02 Å². The van der Waals surface area contributed by atoms with E-state index in [-0.39, 0.29) is 17.7 Å². The minimum Gasteiger partial charge on any atom is -0.308 e. The van der Waals surface area contributed by atoms with Gasteiger partial charge in [0, 0.05) is 23.7 Å². The molecule has 5 heteroatoms. The second kappa shape index (κ2) is 6.47. The van der Waals surface area contributed by atoms with Crippen molar-refractivity contribution in [3.05, 3.63) is 69.7 Å². The zero-order chi connectivity index (χ0) is 14.5. The number of nitrogens with zero attached hydrogens (tertiary/aromatic N) is 1. The summed E-state index contributed by atoms with van der Waals surface area (Å²) in [5.74, 6) is -1.46. The van der Waals surface area contributed by atoms with Crippen LogP contribution in [0, 0.1) is 23.0 Å². The van der Waals surface area contributed by atoms with E-state index in [1.807, 2.05) is 18.2 Å². The third-order valence-corrected chi connectivity index (χ3v) is 3.21. The van der Waals surface area contributed by atoms with Crippen molar-refractivity contribution in [3.8, 4) is 6.07 Å². The maximum absolute atomic E-state index is 13.6. The lowest BCUT2D eigenvalue weighted by molar-refractivity contribution is 0.535. The van der Waals surface area contributed by atoms with E-state index < -0.39 is 11.6 Å². The van der Waals surface area contributed by atoms with E-state index in [1.165, 1.54) is 0 Å². The van der Waals surface area contributed by atoms with Crippen molar-refractivity contribution < 1.29 is 8.78 Å². The quantitative estimate of drug-likeness (QED) is 0.931. The van der Waals surface area contributed by atoms with Crippen LogP contribution in [0.4, 0.5) is 8.78 Å². The molecule has 2 aromatic rings. The van der Waals surface area contributed by atoms with Gasteiger partial charge in [-0.15, -0.1) is 0 Å². The van der Waals surface area contributed by atoms with Gasteiger partial charge >= 0.3 is 0 Å². The van der Waals surface area contributed by atoms with Gasteiger partial charge in [0.1, 0.15) is 11.6 Å². The first-order chi connectivity index (χ1) is 9.61. The summed E-state index contributed by atoms with van der Waals surface area (Å²) in [5, 5.41) is 12.1. The minimum absolute atomic E-state index is 0.0224. The van der Waals surface area contributed by atoms with Crippen LogP contribution in [0.25, 0.3) is 0 Å². The smallest absolute Gasteiger partial charge is 0.131 e. The molecule has 0 heterocycles. The van der Waals surface area contributed by atoms with Gasteiger partial charge in [0.15, 0.2) is 0 Å². The van der Waals surface area contributed by atoms with Crippen LogP contribution in [0.15, 0.2) is 36.4 Å². The average molecular weight is 293 g/mol. The van der Waals surface area contributed by atoms with E-state index in [2.05, 4.69) is 5.32 Å². The molecule has 0 amide bonds. The average Bonchev–Trinajstić information content (AvgIpc) is 2.43. The lowest BCUT2D eigenvalue weighted by atomic mass is 10.1. The van der Waals surface area contributed by atoms with Gasteiger partial charge in [-0.2, -0.15) is 5.26 Å². The molecule has 0 spiro atoms. The Hall–Kier alpha value is -1.96. The van der Waals surface area contributed by atoms with Crippen molar-refractivity contribution in [3.63, 3.8) is 0 Å². The molecular weight excluding hydrogens is 282 g/mol. The highest BCUT2D eigenvalue weighted by Crippen LogP contribution is 2.17. The lowest BCUT2D eigenvalue weighted by Crippen LogP contribution is -2.15. The first kappa shape index (κ1) is 14.4. The topological polar surface area (TPSA) is 35.8 Å². The fourth-order valence-corrected chi connectivity index (χ4v) is 2.00. The largest absolute Gasteiger partial charge is 0.308 e. The highest BCUT2D eigenvalue weighted by Gasteiger charge is 2.11. The predicted molar refractivity (Wildman–Crippen MR) is 73.1 cm³/mol. The number of halogens is 3. The normalized spacial score (nSPS) is 10.3. The Morgan fingerprint density at radius 1 is 1.10 bits per heavy atom. The highest BCUT2D eigenvalue weighted by atomic mass is 35.5. The van der Waals surface area contributed by atoms with Crippen LogP contribution >= 0.6 is 11.6 Å². The molecule has 1 N–H and O–H groups in total. The van der Waals surface area contributed by atoms with Gasteiger partial charge in [-0.3, -0.25) is 0 Å². The van der Waals surface area contributed by atoms with E-state index in [4.69, 9.17) is 16.9 Å². The van der Waals surface area contributed by atoms with Crippen molar-refractivity contribution in [2.24, 2.45) is 0 Å². The Labute approximate surface area is 120 Å². The number of hydrogen-bond acceptors (Lipinski definition) is 2. The van der Waals surface area contributed by atoms with E-state index >= 15 is 0 Å². The molecule has 0 aliphatic rings. The molecule has 0 fully saturated rings. The van der Waals surface area contributed by atoms with Crippen LogP contribution in [0.5, 0.6) is 0 Å². The molecule has 102 valence electrons. The molecule has 0 saturated carbocycles. The summed E-state index contributed by atoms with van der Waals surface area (Å²) in [4.78, 5) is 0. The Balaban J connectivity index is 2.05. The summed E-state index contributed by atoms with van der Waals surface area (Å²) in [7, 11) is 0. The fourth-order valence-electron chi connectivity index (χ4n) is 1.80. The third kappa shape index (κ3) is 3.32. The van der Waals surface area contributed by atoms with Gasteiger partial charge in [0.2, 0.25) is 0 Å². The van der Waals surface area contributed by atoms with Gasteiger partial charge in [-0.05, 0) is 23.8 Å². The molecular formula is C15H11ClF2N2. The number of rotatable bonds is 4. The molecule has 0 saturated heterocycles. The number of nitriles is 1. The summed E-state index contributed by atoms with van der Waals surface area (Å²) in [5.41, 5.74) is 0.731. The molecule has 0 aromatic heterocycles. The standard InChI is InChI=1S/C15H11ClF2N2/c16-13-4-2-1-3-11(13)8-20-9-12-14(17)5-10(7-19)6-15(12)18/h1-6,20H,8-9H2. The van der Waals surface area contributed by atoms with Gasteiger partial charge in [-0.1, -0.05) is 29.8 Å². The predicted octanol–water partition coefficient (Wildman–Crippen LogP) is 3.78. The summed E-state index contributed by atoms with van der Waals surface area (Å²) in [6.07, 6.45) is 0. The van der Waals surface area contributed by atoms with Gasteiger partial charge < -0.3 is 5.32 Å². The molecule has 2 aromatic carbocycles. The first-order valence-electron chi connectivity index (χ1n) is 5.94. The zero-order valence-electron chi connectivity index (χ0n) is 10.5. The summed E-state index contributed by atoms with van der Waals surface area (Å²) in [6, 6.07) is 11.0. The number of hydrogen-bond donors (Lipinski definition) is 1. The van der Waals surface area contributed by atoms with Crippen LogP contribution in [0.3, 0.4) is 0 Å². The molecule has 0 aliphatic carbocycles. The SMILES string of the molecule is N#Cc1cc(F)c(CNCc2ccccc2Cl)c(F)c1. The Morgan fingerprint density at radius 2 is 1.75 bits per heavy atom. The number of nitrogens with one attached hydrogen (secondary N) is 1. The molecule has 2 rings (SSSR count). The van der Waals surface area contributed by atoms with Gasteiger partial charge in [-0.25, -0.2) is 8.78 Å². The molecule has 0 atom stereocenters. The van der Waals surface area contributed by atoms with Gasteiger partial charge in [0.05, 0.1) is 11.6 Å². The third-order valence-electron chi connectivity index (χ3n) is 2.85. The minimum atomic E-state index is -0.729. The van der Waals surface area contributed by atoms with Crippen molar-refractivity contribution in [1.29, 1.82) is 5.26 Å². The molecule has 0 radical (unpaired) electrons. The molecule has 0 bridgehead atoms. The molecule has 20 heavy (non-hydrogen) atoms. The van der Waals surface area contributed by atoms with E-state index in [0.717, 1.165) is 17.7 Å². The van der Waals surface area contributed by atoms with Crippen molar-refractivity contribution >= 4 is 11.6 Å². The van der Waals surface area contributed by atoms with Crippen LogP contribution in [0.1, 0.15) is 16.7 Å². The fraction of sp³-hybridized carbons (Fsp3) is 0.133. The molecule has 2 nitrogen and oxygen atoms in total. The van der Waals surface area contributed by atoms with Crippen molar-refractivity contribution in [2.75, 3.05) is 0 Å². The van der Waals surface area contributed by atoms with Crippen LogP contribution < -0.4 is 5.32 Å². The Kier molecular flexibility index (Phi) is 4.67. The van der Waals surface area contributed by atoms with E-state index in [9.17, 15) is 8.78 Å². The zero-order valence-corrected chi connectivity index (χ0v) is 11.2. The lowest BCUT2D eigenvalue weighted by Gasteiger charge is -2.08. The van der Waals surface area contributed by atoms with Gasteiger partial charge in [0.25, 0.3) is 0 Å². The summed E-state index contributed by atoms with van der Waals surface area (Å²) < 4.78 is 27.3. The second-order valence-corrected chi connectivity index (χ2v) is 4.63. The molecule has 0 aliphatic heterocycles. The van der Waals surface area contributed by atoms with E-state index in [0.29, 0.717) is 11.6 Å². The van der Waals surface area contributed by atoms with Crippen molar-refractivity contribution in [2.45, 2.75) is 13.1 Å². The monoisotopic (exact) mass is 292 g/mol. The van der Waals surface area contributed by atoms with Crippen LogP contribution in [-0.4, -0.2) is 0 Å². The Morgan fingerprint density at radius 3 is 2.35 bits per heavy atom. The number of benzene rings is 2. The summed E-state index contributed by atoms with van der Waals surface area (Å²) >= 11 is 5.98. The Bertz CT molecular complexity index is 642. The highest BCUT2D eigenvalue weighted by molar-refractivity contribution is 6.31. The maximum Gasteiger partial charge on any atom is 0.131 e. The van der Waals surface area contributed by atoms with Crippen LogP contribution in [-0.2, 0) is 13.1 Å². The maximum atomic E-state index is 13.6. The summed E-state index contributed by atoms with van der Waals surface area (Å²) in [6.45, 7) is 0.424. The molecule has 0 unspecified atom stereocenters.